The van der Waals surface area contributed by atoms with Crippen LogP contribution < -0.4 is 10.6 Å². The topological polar surface area (TPSA) is 96.9 Å². The molecule has 2 atom stereocenters. The Balaban J connectivity index is 2.21. The van der Waals surface area contributed by atoms with Crippen LogP contribution in [0.2, 0.25) is 0 Å². The summed E-state index contributed by atoms with van der Waals surface area (Å²) in [5.41, 5.74) is 0. The van der Waals surface area contributed by atoms with Crippen LogP contribution >= 0.6 is 0 Å². The maximum atomic E-state index is 11.5. The minimum Gasteiger partial charge on any atom is -0.481 e. The van der Waals surface area contributed by atoms with Gasteiger partial charge in [0, 0.05) is 6.54 Å². The number of amides is 2. The molecule has 0 spiro atoms. The van der Waals surface area contributed by atoms with Crippen LogP contribution in [0.3, 0.4) is 0 Å². The van der Waals surface area contributed by atoms with Crippen molar-refractivity contribution >= 4 is 12.0 Å². The van der Waals surface area contributed by atoms with Gasteiger partial charge in [0.25, 0.3) is 0 Å². The van der Waals surface area contributed by atoms with Gasteiger partial charge in [-0.25, -0.2) is 4.79 Å². The molecule has 0 aromatic carbocycles. The normalized spacial score (nSPS) is 23.1. The Morgan fingerprint density at radius 2 is 2.17 bits per heavy atom. The molecule has 0 radical (unpaired) electrons. The van der Waals surface area contributed by atoms with E-state index in [4.69, 9.17) is 14.6 Å². The Kier molecular flexibility index (Phi) is 5.87. The first-order valence-corrected chi connectivity index (χ1v) is 5.97. The van der Waals surface area contributed by atoms with E-state index in [0.29, 0.717) is 13.2 Å². The second kappa shape index (κ2) is 7.17. The molecule has 0 saturated carbocycles. The highest BCUT2D eigenvalue weighted by Crippen LogP contribution is 2.13. The molecular formula is C11H20N2O5. The number of hydrogen-bond donors (Lipinski definition) is 3. The minimum atomic E-state index is -0.957. The minimum absolute atomic E-state index is 0.120. The van der Waals surface area contributed by atoms with Crippen LogP contribution in [0.25, 0.3) is 0 Å². The van der Waals surface area contributed by atoms with Crippen molar-refractivity contribution in [2.75, 3.05) is 26.4 Å². The van der Waals surface area contributed by atoms with E-state index in [1.807, 2.05) is 13.8 Å². The summed E-state index contributed by atoms with van der Waals surface area (Å²) in [7, 11) is 0. The second-order valence-electron chi connectivity index (χ2n) is 4.41. The van der Waals surface area contributed by atoms with Gasteiger partial charge in [0.2, 0.25) is 0 Å². The van der Waals surface area contributed by atoms with E-state index in [9.17, 15) is 9.59 Å². The van der Waals surface area contributed by atoms with E-state index in [1.165, 1.54) is 0 Å². The molecule has 0 aromatic rings. The molecule has 7 nitrogen and oxygen atoms in total. The Morgan fingerprint density at radius 3 is 2.78 bits per heavy atom. The molecule has 0 bridgehead atoms. The zero-order valence-electron chi connectivity index (χ0n) is 10.6. The molecule has 0 aromatic heterocycles. The van der Waals surface area contributed by atoms with Gasteiger partial charge in [-0.15, -0.1) is 0 Å². The highest BCUT2D eigenvalue weighted by atomic mass is 16.5. The fourth-order valence-electron chi connectivity index (χ4n) is 1.62. The van der Waals surface area contributed by atoms with Gasteiger partial charge in [-0.1, -0.05) is 0 Å². The summed E-state index contributed by atoms with van der Waals surface area (Å²) in [6.45, 7) is 4.99. The summed E-state index contributed by atoms with van der Waals surface area (Å²) >= 11 is 0. The van der Waals surface area contributed by atoms with Crippen LogP contribution in [0.1, 0.15) is 13.8 Å². The lowest BCUT2D eigenvalue weighted by Gasteiger charge is -2.16. The maximum absolute atomic E-state index is 11.5. The first kappa shape index (κ1) is 14.7. The average Bonchev–Trinajstić information content (AvgIpc) is 2.72. The monoisotopic (exact) mass is 260 g/mol. The van der Waals surface area contributed by atoms with Gasteiger partial charge in [0.05, 0.1) is 32.0 Å². The molecule has 1 saturated heterocycles. The van der Waals surface area contributed by atoms with Crippen LogP contribution in [0.15, 0.2) is 0 Å². The number of carboxylic acids is 1. The number of urea groups is 1. The first-order chi connectivity index (χ1) is 8.50. The van der Waals surface area contributed by atoms with Crippen molar-refractivity contribution < 1.29 is 24.2 Å². The summed E-state index contributed by atoms with van der Waals surface area (Å²) < 4.78 is 10.3. The van der Waals surface area contributed by atoms with Crippen molar-refractivity contribution in [3.05, 3.63) is 0 Å². The zero-order chi connectivity index (χ0) is 13.5. The largest absolute Gasteiger partial charge is 0.481 e. The van der Waals surface area contributed by atoms with E-state index < -0.39 is 24.0 Å². The number of aliphatic carboxylic acids is 1. The van der Waals surface area contributed by atoms with Crippen LogP contribution in [-0.4, -0.2) is 55.6 Å². The van der Waals surface area contributed by atoms with Crippen LogP contribution in [0.4, 0.5) is 4.79 Å². The number of nitrogens with one attached hydrogen (secondary N) is 2. The van der Waals surface area contributed by atoms with Crippen LogP contribution in [-0.2, 0) is 14.3 Å². The molecular weight excluding hydrogens is 240 g/mol. The Labute approximate surface area is 106 Å². The lowest BCUT2D eigenvalue weighted by molar-refractivity contribution is -0.142. The van der Waals surface area contributed by atoms with Gasteiger partial charge in [0.15, 0.2) is 0 Å². The van der Waals surface area contributed by atoms with Crippen molar-refractivity contribution in [2.45, 2.75) is 26.0 Å². The number of carboxylic acid groups (broad SMARTS) is 1. The highest BCUT2D eigenvalue weighted by molar-refractivity contribution is 5.77. The number of ether oxygens (including phenoxy) is 2. The van der Waals surface area contributed by atoms with Crippen molar-refractivity contribution in [3.63, 3.8) is 0 Å². The molecule has 1 rings (SSSR count). The fraction of sp³-hybridized carbons (Fsp3) is 0.818. The van der Waals surface area contributed by atoms with E-state index in [-0.39, 0.29) is 19.3 Å². The van der Waals surface area contributed by atoms with Crippen molar-refractivity contribution in [2.24, 2.45) is 5.92 Å². The lowest BCUT2D eigenvalue weighted by Crippen LogP contribution is -2.47. The van der Waals surface area contributed by atoms with Gasteiger partial charge in [-0.3, -0.25) is 4.79 Å². The third-order valence-corrected chi connectivity index (χ3v) is 2.55. The molecule has 18 heavy (non-hydrogen) atoms. The molecule has 1 aliphatic heterocycles. The highest BCUT2D eigenvalue weighted by Gasteiger charge is 2.34. The standard InChI is InChI=1S/C11H20N2O5/c1-7(2)18-4-3-12-11(16)13-9-6-17-5-8(9)10(14)15/h7-9H,3-6H2,1-2H3,(H,14,15)(H2,12,13,16). The van der Waals surface area contributed by atoms with E-state index in [2.05, 4.69) is 10.6 Å². The van der Waals surface area contributed by atoms with Gasteiger partial charge >= 0.3 is 12.0 Å². The second-order valence-corrected chi connectivity index (χ2v) is 4.41. The first-order valence-electron chi connectivity index (χ1n) is 5.97. The third kappa shape index (κ3) is 4.89. The van der Waals surface area contributed by atoms with E-state index in [1.54, 1.807) is 0 Å². The molecule has 2 unspecified atom stereocenters. The van der Waals surface area contributed by atoms with E-state index in [0.717, 1.165) is 0 Å². The number of rotatable bonds is 6. The maximum Gasteiger partial charge on any atom is 0.315 e. The molecule has 104 valence electrons. The Hall–Kier alpha value is -1.34. The van der Waals surface area contributed by atoms with E-state index >= 15 is 0 Å². The lowest BCUT2D eigenvalue weighted by atomic mass is 10.0. The summed E-state index contributed by atoms with van der Waals surface area (Å²) in [5.74, 6) is -1.64. The quantitative estimate of drug-likeness (QED) is 0.575. The number of carbonyl (C=O) groups excluding carboxylic acids is 1. The summed E-state index contributed by atoms with van der Waals surface area (Å²) in [6, 6.07) is -0.877. The van der Waals surface area contributed by atoms with Crippen LogP contribution in [0, 0.1) is 5.92 Å². The predicted molar refractivity (Wildman–Crippen MR) is 63.4 cm³/mol. The molecule has 2 amide bonds. The zero-order valence-corrected chi connectivity index (χ0v) is 10.6. The Bertz CT molecular complexity index is 295. The SMILES string of the molecule is CC(C)OCCNC(=O)NC1COCC1C(=O)O. The van der Waals surface area contributed by atoms with Crippen molar-refractivity contribution in [3.8, 4) is 0 Å². The molecule has 1 heterocycles. The predicted octanol–water partition coefficient (Wildman–Crippen LogP) is -0.190. The summed E-state index contributed by atoms with van der Waals surface area (Å²) in [5, 5.41) is 14.1. The molecule has 7 heteroatoms. The summed E-state index contributed by atoms with van der Waals surface area (Å²) in [4.78, 5) is 22.3. The van der Waals surface area contributed by atoms with Gasteiger partial charge in [-0.05, 0) is 13.8 Å². The van der Waals surface area contributed by atoms with Gasteiger partial charge in [0.1, 0.15) is 5.92 Å². The smallest absolute Gasteiger partial charge is 0.315 e. The molecule has 1 fully saturated rings. The Morgan fingerprint density at radius 1 is 1.44 bits per heavy atom. The van der Waals surface area contributed by atoms with Crippen molar-refractivity contribution in [1.29, 1.82) is 0 Å². The van der Waals surface area contributed by atoms with Gasteiger partial charge in [-0.2, -0.15) is 0 Å². The summed E-state index contributed by atoms with van der Waals surface area (Å²) in [6.07, 6.45) is 0.120. The molecule has 1 aliphatic rings. The molecule has 3 N–H and O–H groups in total. The van der Waals surface area contributed by atoms with Crippen LogP contribution in [0.5, 0.6) is 0 Å². The fourth-order valence-corrected chi connectivity index (χ4v) is 1.62. The van der Waals surface area contributed by atoms with Gasteiger partial charge < -0.3 is 25.2 Å². The number of carbonyl (C=O) groups is 2. The third-order valence-electron chi connectivity index (χ3n) is 2.55. The number of hydrogen-bond acceptors (Lipinski definition) is 4. The van der Waals surface area contributed by atoms with Crippen molar-refractivity contribution in [1.82, 2.24) is 10.6 Å². The molecule has 0 aliphatic carbocycles. The average molecular weight is 260 g/mol.